The maximum Gasteiger partial charge on any atom is 0.114 e. The maximum absolute atomic E-state index is 4.87. The van der Waals surface area contributed by atoms with Crippen LogP contribution in [-0.2, 0) is 11.0 Å². The quantitative estimate of drug-likeness (QED) is 0.876. The van der Waals surface area contributed by atoms with Crippen LogP contribution < -0.4 is 5.32 Å². The number of thiazole rings is 1. The zero-order chi connectivity index (χ0) is 12.7. The van der Waals surface area contributed by atoms with Gasteiger partial charge in [0.05, 0.1) is 11.2 Å². The van der Waals surface area contributed by atoms with Crippen molar-refractivity contribution in [1.29, 1.82) is 0 Å². The summed E-state index contributed by atoms with van der Waals surface area (Å²) in [5.41, 5.74) is 1.43. The predicted octanol–water partition coefficient (Wildman–Crippen LogP) is 2.19. The number of likely N-dealkylation sites (N-methyl/N-ethyl adjacent to an activating group) is 2. The smallest absolute Gasteiger partial charge is 0.114 e. The van der Waals surface area contributed by atoms with Crippen LogP contribution in [0.2, 0.25) is 0 Å². The fraction of sp³-hybridized carbons (Fsp3) is 0.769. The highest BCUT2D eigenvalue weighted by Crippen LogP contribution is 2.35. The molecule has 0 amide bonds. The molecule has 1 aliphatic heterocycles. The van der Waals surface area contributed by atoms with Crippen molar-refractivity contribution in [2.24, 2.45) is 0 Å². The second-order valence-electron chi connectivity index (χ2n) is 6.11. The van der Waals surface area contributed by atoms with Crippen LogP contribution in [0.25, 0.3) is 0 Å². The number of hydrogen-bond acceptors (Lipinski definition) is 4. The van der Waals surface area contributed by atoms with Gasteiger partial charge < -0.3 is 10.2 Å². The topological polar surface area (TPSA) is 28.2 Å². The number of nitrogens with zero attached hydrogens (tertiary/aromatic N) is 2. The Morgan fingerprint density at radius 2 is 2.18 bits per heavy atom. The number of likely N-dealkylation sites (tertiary alicyclic amines) is 1. The molecule has 0 bridgehead atoms. The second kappa shape index (κ2) is 4.34. The lowest BCUT2D eigenvalue weighted by molar-refractivity contribution is 0.332. The van der Waals surface area contributed by atoms with E-state index in [0.29, 0.717) is 0 Å². The third-order valence-corrected chi connectivity index (χ3v) is 4.67. The molecule has 1 fully saturated rings. The number of rotatable bonds is 2. The van der Waals surface area contributed by atoms with Crippen LogP contribution in [0.3, 0.4) is 0 Å². The molecule has 2 rings (SSSR count). The first-order valence-electron chi connectivity index (χ1n) is 6.21. The zero-order valence-corrected chi connectivity index (χ0v) is 12.3. The van der Waals surface area contributed by atoms with Gasteiger partial charge in [-0.3, -0.25) is 0 Å². The second-order valence-corrected chi connectivity index (χ2v) is 6.97. The van der Waals surface area contributed by atoms with E-state index in [1.807, 2.05) is 0 Å². The summed E-state index contributed by atoms with van der Waals surface area (Å²) < 4.78 is 0. The van der Waals surface area contributed by atoms with Crippen molar-refractivity contribution in [2.75, 3.05) is 27.2 Å². The molecule has 0 radical (unpaired) electrons. The lowest BCUT2D eigenvalue weighted by Gasteiger charge is -2.26. The molecular formula is C13H23N3S. The summed E-state index contributed by atoms with van der Waals surface area (Å²) in [6.07, 6.45) is 1.15. The molecular weight excluding hydrogens is 230 g/mol. The van der Waals surface area contributed by atoms with Gasteiger partial charge in [-0.2, -0.15) is 0 Å². The molecule has 1 aliphatic rings. The van der Waals surface area contributed by atoms with Gasteiger partial charge in [0, 0.05) is 23.9 Å². The molecule has 1 aromatic heterocycles. The monoisotopic (exact) mass is 253 g/mol. The lowest BCUT2D eigenvalue weighted by atomic mass is 9.93. The van der Waals surface area contributed by atoms with E-state index in [9.17, 15) is 0 Å². The van der Waals surface area contributed by atoms with E-state index >= 15 is 0 Å². The highest BCUT2D eigenvalue weighted by molar-refractivity contribution is 7.09. The van der Waals surface area contributed by atoms with Gasteiger partial charge >= 0.3 is 0 Å². The Morgan fingerprint density at radius 1 is 1.47 bits per heavy atom. The van der Waals surface area contributed by atoms with Crippen LogP contribution in [0.1, 0.15) is 37.9 Å². The number of nitrogens with one attached hydrogen (secondary N) is 1. The summed E-state index contributed by atoms with van der Waals surface area (Å²) in [4.78, 5) is 7.24. The van der Waals surface area contributed by atoms with Crippen molar-refractivity contribution in [2.45, 2.75) is 38.1 Å². The Hall–Kier alpha value is -0.450. The Balaban J connectivity index is 2.30. The Morgan fingerprint density at radius 3 is 2.59 bits per heavy atom. The molecule has 0 aromatic carbocycles. The molecule has 1 saturated heterocycles. The van der Waals surface area contributed by atoms with Crippen LogP contribution >= 0.6 is 11.3 Å². The highest BCUT2D eigenvalue weighted by atomic mass is 32.1. The van der Waals surface area contributed by atoms with E-state index in [0.717, 1.165) is 19.5 Å². The van der Waals surface area contributed by atoms with Crippen LogP contribution in [0.4, 0.5) is 0 Å². The van der Waals surface area contributed by atoms with Crippen molar-refractivity contribution in [3.63, 3.8) is 0 Å². The van der Waals surface area contributed by atoms with E-state index in [4.69, 9.17) is 4.98 Å². The standard InChI is InChI=1S/C13H23N3S/c1-12(2,3)10-8-17-11(15-10)13(14-4)6-7-16(5)9-13/h8,14H,6-7,9H2,1-5H3. The third kappa shape index (κ3) is 2.39. The maximum atomic E-state index is 4.87. The summed E-state index contributed by atoms with van der Waals surface area (Å²) in [5, 5.41) is 6.95. The summed E-state index contributed by atoms with van der Waals surface area (Å²) >= 11 is 1.80. The first-order chi connectivity index (χ1) is 7.87. The summed E-state index contributed by atoms with van der Waals surface area (Å²) in [5.74, 6) is 0. The Kier molecular flexibility index (Phi) is 3.31. The molecule has 0 saturated carbocycles. The molecule has 1 atom stereocenters. The molecule has 1 aromatic rings. The molecule has 96 valence electrons. The van der Waals surface area contributed by atoms with Crippen LogP contribution in [0, 0.1) is 0 Å². The predicted molar refractivity (Wildman–Crippen MR) is 73.7 cm³/mol. The Bertz CT molecular complexity index is 394. The van der Waals surface area contributed by atoms with E-state index in [1.54, 1.807) is 11.3 Å². The van der Waals surface area contributed by atoms with Crippen molar-refractivity contribution in [3.05, 3.63) is 16.1 Å². The van der Waals surface area contributed by atoms with Crippen LogP contribution in [-0.4, -0.2) is 37.1 Å². The van der Waals surface area contributed by atoms with Gasteiger partial charge in [0.2, 0.25) is 0 Å². The first-order valence-corrected chi connectivity index (χ1v) is 7.09. The molecule has 2 heterocycles. The van der Waals surface area contributed by atoms with E-state index in [2.05, 4.69) is 50.5 Å². The lowest BCUT2D eigenvalue weighted by Crippen LogP contribution is -2.42. The molecule has 0 aliphatic carbocycles. The molecule has 4 heteroatoms. The molecule has 0 spiro atoms. The van der Waals surface area contributed by atoms with E-state index < -0.39 is 0 Å². The highest BCUT2D eigenvalue weighted by Gasteiger charge is 2.39. The summed E-state index contributed by atoms with van der Waals surface area (Å²) in [7, 11) is 4.23. The van der Waals surface area contributed by atoms with Gasteiger partial charge in [-0.25, -0.2) is 4.98 Å². The normalized spacial score (nSPS) is 26.6. The number of aromatic nitrogens is 1. The van der Waals surface area contributed by atoms with Crippen molar-refractivity contribution >= 4 is 11.3 Å². The van der Waals surface area contributed by atoms with Gasteiger partial charge in [-0.1, -0.05) is 20.8 Å². The van der Waals surface area contributed by atoms with E-state index in [-0.39, 0.29) is 11.0 Å². The minimum absolute atomic E-state index is 0.0723. The van der Waals surface area contributed by atoms with Crippen molar-refractivity contribution in [3.8, 4) is 0 Å². The number of hydrogen-bond donors (Lipinski definition) is 1. The third-order valence-electron chi connectivity index (χ3n) is 3.62. The van der Waals surface area contributed by atoms with Crippen LogP contribution in [0.15, 0.2) is 5.38 Å². The van der Waals surface area contributed by atoms with Gasteiger partial charge in [0.25, 0.3) is 0 Å². The fourth-order valence-electron chi connectivity index (χ4n) is 2.32. The van der Waals surface area contributed by atoms with Crippen molar-refractivity contribution in [1.82, 2.24) is 15.2 Å². The van der Waals surface area contributed by atoms with Crippen LogP contribution in [0.5, 0.6) is 0 Å². The molecule has 1 N–H and O–H groups in total. The van der Waals surface area contributed by atoms with Gasteiger partial charge in [-0.15, -0.1) is 11.3 Å². The molecule has 3 nitrogen and oxygen atoms in total. The summed E-state index contributed by atoms with van der Waals surface area (Å²) in [6.45, 7) is 8.86. The molecule has 1 unspecified atom stereocenters. The van der Waals surface area contributed by atoms with Crippen molar-refractivity contribution < 1.29 is 0 Å². The minimum atomic E-state index is 0.0723. The summed E-state index contributed by atoms with van der Waals surface area (Å²) in [6, 6.07) is 0. The van der Waals surface area contributed by atoms with Gasteiger partial charge in [0.15, 0.2) is 0 Å². The average Bonchev–Trinajstić information content (AvgIpc) is 2.83. The fourth-order valence-corrected chi connectivity index (χ4v) is 3.60. The Labute approximate surface area is 108 Å². The zero-order valence-electron chi connectivity index (χ0n) is 11.5. The van der Waals surface area contributed by atoms with Gasteiger partial charge in [-0.05, 0) is 20.5 Å². The molecule has 17 heavy (non-hydrogen) atoms. The minimum Gasteiger partial charge on any atom is -0.307 e. The SMILES string of the molecule is CNC1(c2nc(C(C)(C)C)cs2)CCN(C)C1. The largest absolute Gasteiger partial charge is 0.307 e. The first kappa shape index (κ1) is 13.0. The average molecular weight is 253 g/mol. The van der Waals surface area contributed by atoms with Gasteiger partial charge in [0.1, 0.15) is 5.01 Å². The van der Waals surface area contributed by atoms with E-state index in [1.165, 1.54) is 10.7 Å².